The normalized spacial score (nSPS) is 14.5. The van der Waals surface area contributed by atoms with Gasteiger partial charge in [-0.3, -0.25) is 9.69 Å². The third-order valence-electron chi connectivity index (χ3n) is 7.00. The van der Waals surface area contributed by atoms with Gasteiger partial charge in [-0.2, -0.15) is 23.3 Å². The number of pyridine rings is 2. The van der Waals surface area contributed by atoms with Gasteiger partial charge in [0.15, 0.2) is 28.5 Å². The Labute approximate surface area is 246 Å². The molecule has 0 atom stereocenters. The van der Waals surface area contributed by atoms with Crippen molar-refractivity contribution in [2.45, 2.75) is 6.18 Å². The number of hydrogen-bond acceptors (Lipinski definition) is 10. The molecule has 0 unspecified atom stereocenters. The van der Waals surface area contributed by atoms with Crippen molar-refractivity contribution < 1.29 is 22.6 Å². The number of ether oxygens (including phenoxy) is 2. The molecule has 13 nitrogen and oxygen atoms in total. The van der Waals surface area contributed by atoms with Gasteiger partial charge in [0.2, 0.25) is 5.95 Å². The number of rotatable bonds is 8. The fourth-order valence-corrected chi connectivity index (χ4v) is 5.07. The van der Waals surface area contributed by atoms with Crippen molar-refractivity contribution in [1.82, 2.24) is 38.6 Å². The van der Waals surface area contributed by atoms with Crippen molar-refractivity contribution in [3.63, 3.8) is 0 Å². The van der Waals surface area contributed by atoms with Crippen LogP contribution >= 0.6 is 11.6 Å². The second kappa shape index (κ2) is 11.3. The van der Waals surface area contributed by atoms with Crippen LogP contribution in [0.5, 0.6) is 11.5 Å². The van der Waals surface area contributed by atoms with E-state index in [4.69, 9.17) is 21.1 Å². The number of hydrogen-bond donors (Lipinski definition) is 2. The Hall–Kier alpha value is -4.41. The highest BCUT2D eigenvalue weighted by molar-refractivity contribution is 6.36. The van der Waals surface area contributed by atoms with Crippen LogP contribution in [0.2, 0.25) is 5.02 Å². The summed E-state index contributed by atoms with van der Waals surface area (Å²) in [5, 5.41) is 10.5. The quantitative estimate of drug-likeness (QED) is 0.266. The van der Waals surface area contributed by atoms with E-state index in [-0.39, 0.29) is 28.1 Å². The minimum atomic E-state index is -4.64. The average molecular weight is 619 g/mol. The Bertz CT molecular complexity index is 1860. The summed E-state index contributed by atoms with van der Waals surface area (Å²) in [5.74, 6) is 1.20. The van der Waals surface area contributed by atoms with E-state index in [9.17, 15) is 18.0 Å². The lowest BCUT2D eigenvalue weighted by Gasteiger charge is -2.26. The van der Waals surface area contributed by atoms with Crippen molar-refractivity contribution in [2.75, 3.05) is 50.0 Å². The molecule has 0 aromatic carbocycles. The van der Waals surface area contributed by atoms with Gasteiger partial charge in [-0.15, -0.1) is 0 Å². The van der Waals surface area contributed by atoms with Gasteiger partial charge in [-0.1, -0.05) is 11.6 Å². The summed E-state index contributed by atoms with van der Waals surface area (Å²) in [5.41, 5.74) is -0.842. The van der Waals surface area contributed by atoms with Crippen LogP contribution in [-0.2, 0) is 25.0 Å². The number of imidazole rings is 1. The second-order valence-corrected chi connectivity index (χ2v) is 10.2. The van der Waals surface area contributed by atoms with Gasteiger partial charge < -0.3 is 29.2 Å². The third kappa shape index (κ3) is 5.68. The van der Waals surface area contributed by atoms with E-state index in [0.29, 0.717) is 42.4 Å². The first-order valence-corrected chi connectivity index (χ1v) is 13.6. The third-order valence-corrected chi connectivity index (χ3v) is 7.37. The number of aryl methyl sites for hydroxylation is 2. The average Bonchev–Trinajstić information content (AvgIpc) is 3.53. The zero-order chi connectivity index (χ0) is 30.3. The molecule has 17 heteroatoms. The lowest BCUT2D eigenvalue weighted by molar-refractivity contribution is -0.138. The van der Waals surface area contributed by atoms with Crippen molar-refractivity contribution in [3.05, 3.63) is 58.0 Å². The number of nitrogens with zero attached hydrogens (tertiary/aromatic N) is 8. The molecule has 43 heavy (non-hydrogen) atoms. The van der Waals surface area contributed by atoms with Gasteiger partial charge in [-0.05, 0) is 6.07 Å². The van der Waals surface area contributed by atoms with E-state index < -0.39 is 17.3 Å². The molecule has 5 aromatic rings. The minimum absolute atomic E-state index is 0.0601. The molecule has 1 saturated heterocycles. The number of fused-ring (bicyclic) bond motifs is 2. The summed E-state index contributed by atoms with van der Waals surface area (Å²) in [6.07, 6.45) is 2.32. The van der Waals surface area contributed by atoms with Crippen LogP contribution in [0.3, 0.4) is 0 Å². The molecule has 1 aliphatic rings. The summed E-state index contributed by atoms with van der Waals surface area (Å²) in [4.78, 5) is 28.0. The maximum absolute atomic E-state index is 13.4. The number of alkyl halides is 3. The van der Waals surface area contributed by atoms with E-state index >= 15 is 0 Å². The van der Waals surface area contributed by atoms with Crippen LogP contribution in [0, 0.1) is 0 Å². The lowest BCUT2D eigenvalue weighted by atomic mass is 10.2. The topological polar surface area (TPSA) is 129 Å². The van der Waals surface area contributed by atoms with Gasteiger partial charge in [0.1, 0.15) is 16.2 Å². The van der Waals surface area contributed by atoms with E-state index in [2.05, 4.69) is 35.6 Å². The van der Waals surface area contributed by atoms with Gasteiger partial charge in [0.05, 0.1) is 31.2 Å². The zero-order valence-corrected chi connectivity index (χ0v) is 23.8. The molecule has 0 bridgehead atoms. The molecular weight excluding hydrogens is 593 g/mol. The predicted molar refractivity (Wildman–Crippen MR) is 152 cm³/mol. The van der Waals surface area contributed by atoms with E-state index in [0.717, 1.165) is 36.5 Å². The standard InChI is InChI=1S/C26H26ClF3N10O3/c1-37-14-15(26(28,29)30)11-16(24(37)41)35-25-36-23-21(38(25)2)19(27)17(12-33-23)43-18-13-34-40-6-4-32-22(20(18)40)31-3-5-39-7-9-42-10-8-39/h4,6,11-14H,3,5,7-10H2,1-2H3,(H,31,32)(H,33,35,36). The molecule has 6 rings (SSSR count). The van der Waals surface area contributed by atoms with Crippen LogP contribution in [0.4, 0.5) is 30.6 Å². The molecule has 1 fully saturated rings. The van der Waals surface area contributed by atoms with Crippen molar-refractivity contribution in [2.24, 2.45) is 14.1 Å². The second-order valence-electron chi connectivity index (χ2n) is 9.85. The molecule has 2 N–H and O–H groups in total. The fraction of sp³-hybridized carbons (Fsp3) is 0.346. The first-order chi connectivity index (χ1) is 20.6. The highest BCUT2D eigenvalue weighted by Gasteiger charge is 2.32. The van der Waals surface area contributed by atoms with Gasteiger partial charge in [-0.25, -0.2) is 14.5 Å². The molecule has 0 radical (unpaired) electrons. The monoisotopic (exact) mass is 618 g/mol. The van der Waals surface area contributed by atoms with Crippen LogP contribution in [-0.4, -0.2) is 78.0 Å². The Morgan fingerprint density at radius 1 is 1.12 bits per heavy atom. The van der Waals surface area contributed by atoms with Crippen LogP contribution in [0.25, 0.3) is 16.7 Å². The lowest BCUT2D eigenvalue weighted by Crippen LogP contribution is -2.39. The summed E-state index contributed by atoms with van der Waals surface area (Å²) in [7, 11) is 2.82. The molecule has 0 amide bonds. The summed E-state index contributed by atoms with van der Waals surface area (Å²) in [6.45, 7) is 4.63. The first-order valence-electron chi connectivity index (χ1n) is 13.2. The Balaban J connectivity index is 1.27. The number of halogens is 4. The minimum Gasteiger partial charge on any atom is -0.450 e. The molecule has 0 spiro atoms. The Morgan fingerprint density at radius 3 is 2.67 bits per heavy atom. The molecule has 0 aliphatic carbocycles. The molecule has 6 heterocycles. The Morgan fingerprint density at radius 2 is 1.91 bits per heavy atom. The predicted octanol–water partition coefficient (Wildman–Crippen LogP) is 3.66. The maximum Gasteiger partial charge on any atom is 0.417 e. The van der Waals surface area contributed by atoms with Gasteiger partial charge >= 0.3 is 6.18 Å². The summed E-state index contributed by atoms with van der Waals surface area (Å²) < 4.78 is 55.6. The number of anilines is 3. The van der Waals surface area contributed by atoms with Crippen LogP contribution < -0.4 is 20.9 Å². The van der Waals surface area contributed by atoms with Crippen molar-refractivity contribution in [1.29, 1.82) is 0 Å². The van der Waals surface area contributed by atoms with Crippen molar-refractivity contribution >= 4 is 45.7 Å². The fourth-order valence-electron chi connectivity index (χ4n) is 4.77. The Kier molecular flexibility index (Phi) is 7.57. The van der Waals surface area contributed by atoms with E-state index in [1.807, 2.05) is 0 Å². The molecule has 1 aliphatic heterocycles. The highest BCUT2D eigenvalue weighted by Crippen LogP contribution is 2.38. The van der Waals surface area contributed by atoms with Crippen molar-refractivity contribution in [3.8, 4) is 11.5 Å². The number of nitrogens with one attached hydrogen (secondary N) is 2. The van der Waals surface area contributed by atoms with Crippen LogP contribution in [0.1, 0.15) is 5.56 Å². The van der Waals surface area contributed by atoms with Crippen LogP contribution in [0.15, 0.2) is 41.8 Å². The first kappa shape index (κ1) is 28.7. The molecular formula is C26H26ClF3N10O3. The maximum atomic E-state index is 13.4. The SMILES string of the molecule is Cn1cc(C(F)(F)F)cc(Nc2nc3ncc(Oc4cnn5ccnc(NCCN6CCOCC6)c45)c(Cl)c3n2C)c1=O. The molecule has 226 valence electrons. The zero-order valence-electron chi connectivity index (χ0n) is 23.0. The largest absolute Gasteiger partial charge is 0.450 e. The highest BCUT2D eigenvalue weighted by atomic mass is 35.5. The van der Waals surface area contributed by atoms with Gasteiger partial charge in [0, 0.05) is 58.9 Å². The summed E-state index contributed by atoms with van der Waals surface area (Å²) >= 11 is 6.74. The molecule has 0 saturated carbocycles. The van der Waals surface area contributed by atoms with E-state index in [1.165, 1.54) is 24.0 Å². The number of aromatic nitrogens is 7. The van der Waals surface area contributed by atoms with E-state index in [1.54, 1.807) is 24.0 Å². The smallest absolute Gasteiger partial charge is 0.417 e. The number of morpholine rings is 1. The molecule has 5 aromatic heterocycles. The van der Waals surface area contributed by atoms with Gasteiger partial charge in [0.25, 0.3) is 5.56 Å². The summed E-state index contributed by atoms with van der Waals surface area (Å²) in [6, 6.07) is 0.733.